The van der Waals surface area contributed by atoms with Gasteiger partial charge in [-0.2, -0.15) is 13.2 Å². The summed E-state index contributed by atoms with van der Waals surface area (Å²) in [5.41, 5.74) is 1.57. The molecule has 31 heavy (non-hydrogen) atoms. The number of thioether (sulfide) groups is 2. The van der Waals surface area contributed by atoms with Crippen LogP contribution in [0.15, 0.2) is 56.9 Å². The minimum absolute atomic E-state index is 0.0530. The van der Waals surface area contributed by atoms with Gasteiger partial charge in [-0.1, -0.05) is 12.1 Å². The van der Waals surface area contributed by atoms with Gasteiger partial charge in [-0.3, -0.25) is 9.79 Å². The summed E-state index contributed by atoms with van der Waals surface area (Å²) >= 11 is 2.94. The molecule has 164 valence electrons. The predicted octanol–water partition coefficient (Wildman–Crippen LogP) is 6.66. The molecule has 0 saturated heterocycles. The third kappa shape index (κ3) is 5.92. The van der Waals surface area contributed by atoms with Gasteiger partial charge in [0.2, 0.25) is 0 Å². The highest BCUT2D eigenvalue weighted by Gasteiger charge is 2.34. The summed E-state index contributed by atoms with van der Waals surface area (Å²) < 4.78 is 52.4. The largest absolute Gasteiger partial charge is 0.481 e. The number of carboxylic acid groups (broad SMARTS) is 1. The van der Waals surface area contributed by atoms with Crippen LogP contribution in [-0.4, -0.2) is 23.0 Å². The van der Waals surface area contributed by atoms with Gasteiger partial charge in [0.25, 0.3) is 0 Å². The lowest BCUT2D eigenvalue weighted by molar-refractivity contribution is -0.140. The van der Waals surface area contributed by atoms with E-state index in [1.54, 1.807) is 6.21 Å². The van der Waals surface area contributed by atoms with Crippen molar-refractivity contribution in [2.24, 2.45) is 4.99 Å². The Hall–Kier alpha value is -2.26. The zero-order valence-corrected chi connectivity index (χ0v) is 18.3. The summed E-state index contributed by atoms with van der Waals surface area (Å²) in [6.45, 7) is 3.70. The third-order valence-corrected chi connectivity index (χ3v) is 7.31. The van der Waals surface area contributed by atoms with Crippen molar-refractivity contribution in [2.45, 2.75) is 36.6 Å². The molecule has 3 nitrogen and oxygen atoms in total. The number of nitrogens with zero attached hydrogens (tertiary/aromatic N) is 1. The zero-order valence-electron chi connectivity index (χ0n) is 16.7. The van der Waals surface area contributed by atoms with Crippen molar-refractivity contribution < 1.29 is 27.5 Å². The minimum atomic E-state index is -4.73. The van der Waals surface area contributed by atoms with Crippen LogP contribution in [0, 0.1) is 12.7 Å². The Morgan fingerprint density at radius 1 is 1.19 bits per heavy atom. The lowest BCUT2D eigenvalue weighted by atomic mass is 10.1. The number of halogens is 4. The normalized spacial score (nSPS) is 16.6. The van der Waals surface area contributed by atoms with Crippen molar-refractivity contribution in [3.8, 4) is 0 Å². The maximum Gasteiger partial charge on any atom is 0.419 e. The van der Waals surface area contributed by atoms with Crippen molar-refractivity contribution in [1.29, 1.82) is 0 Å². The molecule has 1 unspecified atom stereocenters. The monoisotopic (exact) mass is 469 g/mol. The summed E-state index contributed by atoms with van der Waals surface area (Å²) in [6.07, 6.45) is -3.18. The molecule has 0 aromatic heterocycles. The smallest absolute Gasteiger partial charge is 0.419 e. The molecule has 0 saturated carbocycles. The molecule has 1 aliphatic rings. The SMILES string of the molecule is CC1=C(CSc2ccc(C)c(CC(=O)O)c2)SC(c2ccc(C(F)(F)F)c(F)c2)C=N1. The van der Waals surface area contributed by atoms with E-state index in [4.69, 9.17) is 5.11 Å². The molecule has 2 aromatic rings. The van der Waals surface area contributed by atoms with Crippen molar-refractivity contribution in [3.05, 3.63) is 75.1 Å². The highest BCUT2D eigenvalue weighted by atomic mass is 32.2. The maximum atomic E-state index is 14.0. The van der Waals surface area contributed by atoms with Gasteiger partial charge in [0.1, 0.15) is 5.82 Å². The fourth-order valence-corrected chi connectivity index (χ4v) is 5.27. The highest BCUT2D eigenvalue weighted by molar-refractivity contribution is 8.06. The van der Waals surface area contributed by atoms with Crippen LogP contribution < -0.4 is 0 Å². The van der Waals surface area contributed by atoms with Gasteiger partial charge in [0.15, 0.2) is 0 Å². The van der Waals surface area contributed by atoms with Crippen LogP contribution >= 0.6 is 23.5 Å². The van der Waals surface area contributed by atoms with Crippen molar-refractivity contribution in [1.82, 2.24) is 0 Å². The van der Waals surface area contributed by atoms with Crippen LogP contribution in [-0.2, 0) is 17.4 Å². The van der Waals surface area contributed by atoms with Crippen molar-refractivity contribution in [2.75, 3.05) is 5.75 Å². The Labute approximate surface area is 185 Å². The second-order valence-corrected chi connectivity index (χ2v) is 9.29. The number of alkyl halides is 3. The number of rotatable bonds is 6. The number of aliphatic imine (C=N–C) groups is 1. The van der Waals surface area contributed by atoms with Gasteiger partial charge in [0, 0.05) is 27.5 Å². The first-order valence-electron chi connectivity index (χ1n) is 9.26. The van der Waals surface area contributed by atoms with E-state index in [-0.39, 0.29) is 6.42 Å². The fraction of sp³-hybridized carbons (Fsp3) is 0.273. The first-order valence-corrected chi connectivity index (χ1v) is 11.1. The van der Waals surface area contributed by atoms with Gasteiger partial charge in [-0.25, -0.2) is 4.39 Å². The standard InChI is InChI=1S/C22H19F4NO2S2/c1-12-3-5-16(7-15(12)9-21(28)29)30-11-20-13(2)27-10-19(31-20)14-4-6-17(18(23)8-14)22(24,25)26/h3-8,10,19H,9,11H2,1-2H3,(H,28,29). The van der Waals surface area contributed by atoms with E-state index >= 15 is 0 Å². The molecular weight excluding hydrogens is 450 g/mol. The summed E-state index contributed by atoms with van der Waals surface area (Å²) in [7, 11) is 0. The van der Waals surface area contributed by atoms with E-state index in [1.807, 2.05) is 32.0 Å². The van der Waals surface area contributed by atoms with E-state index in [1.165, 1.54) is 29.6 Å². The van der Waals surface area contributed by atoms with E-state index < -0.39 is 28.8 Å². The molecule has 0 bridgehead atoms. The second-order valence-electron chi connectivity index (χ2n) is 7.01. The van der Waals surface area contributed by atoms with E-state index in [0.29, 0.717) is 11.3 Å². The molecule has 1 N–H and O–H groups in total. The number of aliphatic carboxylic acids is 1. The van der Waals surface area contributed by atoms with Crippen LogP contribution in [0.25, 0.3) is 0 Å². The van der Waals surface area contributed by atoms with Crippen molar-refractivity contribution >= 4 is 35.7 Å². The molecule has 9 heteroatoms. The molecular formula is C22H19F4NO2S2. The first-order chi connectivity index (χ1) is 14.5. The molecule has 0 radical (unpaired) electrons. The molecule has 2 aromatic carbocycles. The van der Waals surface area contributed by atoms with Gasteiger partial charge in [-0.05, 0) is 54.8 Å². The summed E-state index contributed by atoms with van der Waals surface area (Å²) in [5, 5.41) is 8.65. The number of benzene rings is 2. The summed E-state index contributed by atoms with van der Waals surface area (Å²) in [4.78, 5) is 17.2. The minimum Gasteiger partial charge on any atom is -0.481 e. The Morgan fingerprint density at radius 3 is 2.58 bits per heavy atom. The predicted molar refractivity (Wildman–Crippen MR) is 116 cm³/mol. The van der Waals surface area contributed by atoms with Crippen LogP contribution in [0.2, 0.25) is 0 Å². The van der Waals surface area contributed by atoms with E-state index in [2.05, 4.69) is 4.99 Å². The van der Waals surface area contributed by atoms with Crippen LogP contribution in [0.1, 0.15) is 34.4 Å². The van der Waals surface area contributed by atoms with E-state index in [0.717, 1.165) is 38.8 Å². The van der Waals surface area contributed by atoms with Gasteiger partial charge in [0.05, 0.1) is 17.2 Å². The van der Waals surface area contributed by atoms with Crippen LogP contribution in [0.4, 0.5) is 17.6 Å². The zero-order chi connectivity index (χ0) is 22.8. The van der Waals surface area contributed by atoms with Crippen molar-refractivity contribution in [3.63, 3.8) is 0 Å². The highest BCUT2D eigenvalue weighted by Crippen LogP contribution is 2.42. The van der Waals surface area contributed by atoms with Crippen LogP contribution in [0.3, 0.4) is 0 Å². The molecule has 0 amide bonds. The molecule has 0 fully saturated rings. The Balaban J connectivity index is 1.72. The lowest BCUT2D eigenvalue weighted by Gasteiger charge is -2.21. The third-order valence-electron chi connectivity index (χ3n) is 4.74. The lowest BCUT2D eigenvalue weighted by Crippen LogP contribution is -2.10. The molecule has 0 aliphatic carbocycles. The average Bonchev–Trinajstić information content (AvgIpc) is 2.68. The van der Waals surface area contributed by atoms with Crippen LogP contribution in [0.5, 0.6) is 0 Å². The maximum absolute atomic E-state index is 14.0. The van der Waals surface area contributed by atoms with Gasteiger partial charge >= 0.3 is 12.1 Å². The first kappa shape index (κ1) is 23.4. The fourth-order valence-electron chi connectivity index (χ4n) is 2.99. The molecule has 1 atom stereocenters. The molecule has 3 rings (SSSR count). The second kappa shape index (κ2) is 9.48. The average molecular weight is 470 g/mol. The Kier molecular flexibility index (Phi) is 7.16. The van der Waals surface area contributed by atoms with Gasteiger partial charge < -0.3 is 5.11 Å². The number of aryl methyl sites for hydroxylation is 1. The van der Waals surface area contributed by atoms with Gasteiger partial charge in [-0.15, -0.1) is 23.5 Å². The Morgan fingerprint density at radius 2 is 1.94 bits per heavy atom. The number of hydrogen-bond donors (Lipinski definition) is 1. The topological polar surface area (TPSA) is 49.7 Å². The molecule has 1 heterocycles. The van der Waals surface area contributed by atoms with E-state index in [9.17, 15) is 22.4 Å². The summed E-state index contributed by atoms with van der Waals surface area (Å²) in [6, 6.07) is 8.59. The summed E-state index contributed by atoms with van der Waals surface area (Å²) in [5.74, 6) is -1.64. The number of carbonyl (C=O) groups is 1. The Bertz CT molecular complexity index is 1060. The quantitative estimate of drug-likeness (QED) is 0.380. The number of carboxylic acids is 1. The molecule has 1 aliphatic heterocycles. The number of hydrogen-bond acceptors (Lipinski definition) is 4. The number of allylic oxidation sites excluding steroid dienone is 1. The molecule has 0 spiro atoms.